The van der Waals surface area contributed by atoms with Crippen LogP contribution in [0.2, 0.25) is 0 Å². The van der Waals surface area contributed by atoms with Crippen molar-refractivity contribution >= 4 is 15.9 Å². The van der Waals surface area contributed by atoms with Crippen LogP contribution in [0.25, 0.3) is 5.69 Å². The van der Waals surface area contributed by atoms with Crippen LogP contribution in [0.15, 0.2) is 24.3 Å². The third kappa shape index (κ3) is 4.57. The van der Waals surface area contributed by atoms with Crippen LogP contribution in [0.3, 0.4) is 0 Å². The minimum atomic E-state index is -3.25. The number of rotatable bonds is 5. The van der Waals surface area contributed by atoms with Crippen LogP contribution in [0, 0.1) is 11.7 Å². The van der Waals surface area contributed by atoms with E-state index in [2.05, 4.69) is 9.82 Å². The fourth-order valence-corrected chi connectivity index (χ4v) is 4.94. The van der Waals surface area contributed by atoms with E-state index in [0.717, 1.165) is 61.7 Å². The highest BCUT2D eigenvalue weighted by Crippen LogP contribution is 2.29. The molecule has 0 bridgehead atoms. The minimum Gasteiger partial charge on any atom is -0.337 e. The molecular formula is C21H27FN4O3S. The van der Waals surface area contributed by atoms with Gasteiger partial charge < -0.3 is 4.90 Å². The van der Waals surface area contributed by atoms with E-state index in [1.165, 1.54) is 12.1 Å². The molecule has 1 N–H and O–H groups in total. The van der Waals surface area contributed by atoms with Gasteiger partial charge in [-0.1, -0.05) is 0 Å². The number of amides is 1. The zero-order chi connectivity index (χ0) is 21.3. The van der Waals surface area contributed by atoms with Gasteiger partial charge in [-0.2, -0.15) is 5.10 Å². The van der Waals surface area contributed by atoms with Gasteiger partial charge in [0, 0.05) is 30.9 Å². The molecule has 0 spiro atoms. The van der Waals surface area contributed by atoms with E-state index < -0.39 is 10.0 Å². The van der Waals surface area contributed by atoms with Gasteiger partial charge in [-0.05, 0) is 68.7 Å². The Kier molecular flexibility index (Phi) is 5.92. The van der Waals surface area contributed by atoms with E-state index in [4.69, 9.17) is 0 Å². The van der Waals surface area contributed by atoms with Crippen molar-refractivity contribution in [2.75, 3.05) is 25.9 Å². The summed E-state index contributed by atoms with van der Waals surface area (Å²) in [6.45, 7) is 1.50. The van der Waals surface area contributed by atoms with Crippen LogP contribution in [0.1, 0.15) is 47.4 Å². The summed E-state index contributed by atoms with van der Waals surface area (Å²) >= 11 is 0. The largest absolute Gasteiger partial charge is 0.337 e. The molecule has 7 nitrogen and oxygen atoms in total. The van der Waals surface area contributed by atoms with Gasteiger partial charge in [-0.25, -0.2) is 22.2 Å². The Labute approximate surface area is 176 Å². The summed E-state index contributed by atoms with van der Waals surface area (Å²) in [5, 5.41) is 4.67. The minimum absolute atomic E-state index is 0.0902. The number of carbonyl (C=O) groups excluding carboxylic acids is 1. The molecule has 2 heterocycles. The molecule has 9 heteroatoms. The van der Waals surface area contributed by atoms with Gasteiger partial charge >= 0.3 is 0 Å². The number of likely N-dealkylation sites (tertiary alicyclic amines) is 1. The van der Waals surface area contributed by atoms with Crippen LogP contribution >= 0.6 is 0 Å². The number of hydrogen-bond donors (Lipinski definition) is 1. The molecule has 2 aliphatic rings. The lowest BCUT2D eigenvalue weighted by Crippen LogP contribution is -2.44. The summed E-state index contributed by atoms with van der Waals surface area (Å²) in [6, 6.07) is 6.16. The number of sulfonamides is 1. The van der Waals surface area contributed by atoms with Gasteiger partial charge in [0.15, 0.2) is 5.69 Å². The second-order valence-electron chi connectivity index (χ2n) is 8.25. The zero-order valence-electron chi connectivity index (χ0n) is 17.1. The molecule has 0 saturated carbocycles. The Bertz CT molecular complexity index is 1030. The van der Waals surface area contributed by atoms with Crippen molar-refractivity contribution in [2.24, 2.45) is 5.92 Å². The first-order valence-electron chi connectivity index (χ1n) is 10.4. The first-order chi connectivity index (χ1) is 14.3. The Hall–Kier alpha value is -2.26. The maximum absolute atomic E-state index is 13.4. The first kappa shape index (κ1) is 21.0. The Morgan fingerprint density at radius 2 is 1.93 bits per heavy atom. The average molecular weight is 435 g/mol. The predicted molar refractivity (Wildman–Crippen MR) is 112 cm³/mol. The van der Waals surface area contributed by atoms with Crippen molar-refractivity contribution in [3.63, 3.8) is 0 Å². The summed E-state index contributed by atoms with van der Waals surface area (Å²) in [7, 11) is -3.25. The highest BCUT2D eigenvalue weighted by atomic mass is 32.2. The van der Waals surface area contributed by atoms with E-state index in [1.54, 1.807) is 21.7 Å². The van der Waals surface area contributed by atoms with E-state index in [9.17, 15) is 17.6 Å². The molecule has 162 valence electrons. The summed E-state index contributed by atoms with van der Waals surface area (Å²) in [5.74, 6) is -0.316. The topological polar surface area (TPSA) is 84.3 Å². The third-order valence-electron chi connectivity index (χ3n) is 5.89. The predicted octanol–water partition coefficient (Wildman–Crippen LogP) is 2.29. The molecule has 0 radical (unpaired) electrons. The number of halogens is 1. The van der Waals surface area contributed by atoms with Gasteiger partial charge in [-0.15, -0.1) is 0 Å². The number of benzene rings is 1. The van der Waals surface area contributed by atoms with Crippen LogP contribution in [0.4, 0.5) is 4.39 Å². The quantitative estimate of drug-likeness (QED) is 0.783. The van der Waals surface area contributed by atoms with E-state index >= 15 is 0 Å². The van der Waals surface area contributed by atoms with Crippen LogP contribution in [-0.4, -0.2) is 54.9 Å². The van der Waals surface area contributed by atoms with Gasteiger partial charge in [0.25, 0.3) is 5.91 Å². The monoisotopic (exact) mass is 434 g/mol. The molecule has 1 aromatic carbocycles. The molecule has 1 atom stereocenters. The number of carbonyl (C=O) groups is 1. The number of piperidine rings is 1. The third-order valence-corrected chi connectivity index (χ3v) is 6.59. The first-order valence-corrected chi connectivity index (χ1v) is 12.3. The zero-order valence-corrected chi connectivity index (χ0v) is 17.9. The summed E-state index contributed by atoms with van der Waals surface area (Å²) in [5.41, 5.74) is 3.25. The van der Waals surface area contributed by atoms with Crippen LogP contribution in [0.5, 0.6) is 0 Å². The molecule has 4 rings (SSSR count). The van der Waals surface area contributed by atoms with E-state index in [-0.39, 0.29) is 17.6 Å². The molecule has 1 aliphatic carbocycles. The molecule has 1 aromatic heterocycles. The molecule has 30 heavy (non-hydrogen) atoms. The van der Waals surface area contributed by atoms with E-state index in [0.29, 0.717) is 25.3 Å². The summed E-state index contributed by atoms with van der Waals surface area (Å²) in [6.07, 6.45) is 6.57. The van der Waals surface area contributed by atoms with Crippen molar-refractivity contribution < 1.29 is 17.6 Å². The Morgan fingerprint density at radius 1 is 1.20 bits per heavy atom. The Morgan fingerprint density at radius 3 is 2.67 bits per heavy atom. The van der Waals surface area contributed by atoms with Gasteiger partial charge in [0.2, 0.25) is 10.0 Å². The number of hydrogen-bond acceptors (Lipinski definition) is 4. The summed E-state index contributed by atoms with van der Waals surface area (Å²) < 4.78 is 40.5. The maximum atomic E-state index is 13.4. The Balaban J connectivity index is 1.58. The molecule has 1 aliphatic heterocycles. The average Bonchev–Trinajstić information content (AvgIpc) is 3.12. The fraction of sp³-hybridized carbons (Fsp3) is 0.524. The van der Waals surface area contributed by atoms with Gasteiger partial charge in [0.05, 0.1) is 11.9 Å². The molecule has 1 unspecified atom stereocenters. The fourth-order valence-electron chi connectivity index (χ4n) is 4.40. The van der Waals surface area contributed by atoms with Crippen LogP contribution < -0.4 is 4.72 Å². The lowest BCUT2D eigenvalue weighted by molar-refractivity contribution is 0.0668. The number of aromatic nitrogens is 2. The van der Waals surface area contributed by atoms with Crippen molar-refractivity contribution in [3.8, 4) is 5.69 Å². The van der Waals surface area contributed by atoms with Crippen molar-refractivity contribution in [1.82, 2.24) is 19.4 Å². The van der Waals surface area contributed by atoms with Gasteiger partial charge in [-0.3, -0.25) is 4.79 Å². The van der Waals surface area contributed by atoms with Crippen LogP contribution in [-0.2, 0) is 22.9 Å². The molecular weight excluding hydrogens is 407 g/mol. The second-order valence-corrected chi connectivity index (χ2v) is 10.1. The smallest absolute Gasteiger partial charge is 0.274 e. The van der Waals surface area contributed by atoms with Crippen molar-refractivity contribution in [1.29, 1.82) is 0 Å². The number of nitrogens with zero attached hydrogens (tertiary/aromatic N) is 3. The standard InChI is InChI=1S/C21H27FN4O3S/c1-30(28,29)23-13-15-5-4-12-25(14-15)21(27)20-18-6-2-3-7-19(18)26(24-20)17-10-8-16(22)9-11-17/h8-11,15,23H,2-7,12-14H2,1H3. The lowest BCUT2D eigenvalue weighted by atomic mass is 9.94. The highest BCUT2D eigenvalue weighted by Gasteiger charge is 2.31. The number of nitrogens with one attached hydrogen (secondary N) is 1. The molecule has 1 saturated heterocycles. The molecule has 2 aromatic rings. The lowest BCUT2D eigenvalue weighted by Gasteiger charge is -2.32. The number of fused-ring (bicyclic) bond motifs is 1. The summed E-state index contributed by atoms with van der Waals surface area (Å²) in [4.78, 5) is 15.2. The molecule has 1 fully saturated rings. The van der Waals surface area contributed by atoms with Crippen molar-refractivity contribution in [3.05, 3.63) is 47.0 Å². The maximum Gasteiger partial charge on any atom is 0.274 e. The van der Waals surface area contributed by atoms with Crippen molar-refractivity contribution in [2.45, 2.75) is 38.5 Å². The SMILES string of the molecule is CS(=O)(=O)NCC1CCCN(C(=O)c2nn(-c3ccc(F)cc3)c3c2CCCC3)C1. The normalized spacial score (nSPS) is 19.5. The molecule has 1 amide bonds. The van der Waals surface area contributed by atoms with Gasteiger partial charge in [0.1, 0.15) is 5.82 Å². The highest BCUT2D eigenvalue weighted by molar-refractivity contribution is 7.88. The van der Waals surface area contributed by atoms with E-state index in [1.807, 2.05) is 0 Å². The second kappa shape index (κ2) is 8.47.